The lowest BCUT2D eigenvalue weighted by atomic mass is 9.76. The van der Waals surface area contributed by atoms with E-state index in [1.807, 2.05) is 0 Å². The molecule has 1 unspecified atom stereocenters. The number of piperidine rings is 1. The number of cyclic esters (lactones) is 1. The highest BCUT2D eigenvalue weighted by molar-refractivity contribution is 9.10. The summed E-state index contributed by atoms with van der Waals surface area (Å²) in [7, 11) is 0. The first-order valence-corrected chi connectivity index (χ1v) is 9.06. The van der Waals surface area contributed by atoms with Crippen LogP contribution >= 0.6 is 15.9 Å². The SMILES string of the molecule is O=C(NCC1CC2(CCNCC2)C(=O)O1)c1ncnc2[nH]cc(Br)c12. The van der Waals surface area contributed by atoms with E-state index in [2.05, 4.69) is 41.5 Å². The van der Waals surface area contributed by atoms with Gasteiger partial charge in [-0.2, -0.15) is 0 Å². The van der Waals surface area contributed by atoms with Gasteiger partial charge in [0, 0.05) is 17.1 Å². The lowest BCUT2D eigenvalue weighted by Crippen LogP contribution is -2.39. The van der Waals surface area contributed by atoms with Gasteiger partial charge in [0.25, 0.3) is 5.91 Å². The second-order valence-electron chi connectivity index (χ2n) is 6.55. The number of ether oxygens (including phenoxy) is 1. The van der Waals surface area contributed by atoms with Crippen molar-refractivity contribution in [3.05, 3.63) is 22.7 Å². The minimum atomic E-state index is -0.382. The van der Waals surface area contributed by atoms with Crippen molar-refractivity contribution in [1.82, 2.24) is 25.6 Å². The number of hydrogen-bond donors (Lipinski definition) is 3. The number of halogens is 1. The summed E-state index contributed by atoms with van der Waals surface area (Å²) in [6, 6.07) is 0. The molecule has 0 aliphatic carbocycles. The van der Waals surface area contributed by atoms with Crippen molar-refractivity contribution in [3.63, 3.8) is 0 Å². The van der Waals surface area contributed by atoms with Crippen molar-refractivity contribution in [1.29, 1.82) is 0 Å². The molecule has 2 aromatic heterocycles. The maximum atomic E-state index is 12.5. The number of aromatic amines is 1. The number of esters is 1. The van der Waals surface area contributed by atoms with E-state index in [4.69, 9.17) is 4.74 Å². The molecule has 2 saturated heterocycles. The van der Waals surface area contributed by atoms with Crippen molar-refractivity contribution in [2.75, 3.05) is 19.6 Å². The highest BCUT2D eigenvalue weighted by Gasteiger charge is 2.49. The number of carbonyl (C=O) groups is 2. The van der Waals surface area contributed by atoms with E-state index in [0.29, 0.717) is 23.1 Å². The summed E-state index contributed by atoms with van der Waals surface area (Å²) in [5.41, 5.74) is 0.499. The van der Waals surface area contributed by atoms with Gasteiger partial charge in [-0.1, -0.05) is 0 Å². The zero-order valence-electron chi connectivity index (χ0n) is 13.5. The van der Waals surface area contributed by atoms with Gasteiger partial charge in [0.2, 0.25) is 0 Å². The second kappa shape index (κ2) is 6.38. The molecule has 1 amide bonds. The van der Waals surface area contributed by atoms with Gasteiger partial charge >= 0.3 is 5.97 Å². The molecule has 3 N–H and O–H groups in total. The highest BCUT2D eigenvalue weighted by atomic mass is 79.9. The standard InChI is InChI=1S/C16H18BrN5O3/c17-10-7-19-13-11(10)12(21-8-22-13)14(23)20-6-9-5-16(15(24)25-9)1-3-18-4-2-16/h7-9,18H,1-6H2,(H,20,23)(H,19,21,22). The normalized spacial score (nSPS) is 22.3. The third-order valence-electron chi connectivity index (χ3n) is 5.01. The molecule has 2 aromatic rings. The van der Waals surface area contributed by atoms with Crippen LogP contribution in [0, 0.1) is 5.41 Å². The fraction of sp³-hybridized carbons (Fsp3) is 0.500. The summed E-state index contributed by atoms with van der Waals surface area (Å²) in [5.74, 6) is -0.443. The molecule has 2 aliphatic rings. The van der Waals surface area contributed by atoms with E-state index in [1.165, 1.54) is 6.33 Å². The van der Waals surface area contributed by atoms with Gasteiger partial charge in [0.15, 0.2) is 0 Å². The number of H-pyrrole nitrogens is 1. The number of amides is 1. The number of carbonyl (C=O) groups excluding carboxylic acids is 2. The zero-order chi connectivity index (χ0) is 17.4. The van der Waals surface area contributed by atoms with Gasteiger partial charge < -0.3 is 20.4 Å². The summed E-state index contributed by atoms with van der Waals surface area (Å²) < 4.78 is 6.24. The molecule has 1 atom stereocenters. The van der Waals surface area contributed by atoms with E-state index in [9.17, 15) is 9.59 Å². The Hall–Kier alpha value is -2.00. The van der Waals surface area contributed by atoms with Gasteiger partial charge in [0.1, 0.15) is 23.8 Å². The quantitative estimate of drug-likeness (QED) is 0.658. The fourth-order valence-corrected chi connectivity index (χ4v) is 4.14. The molecule has 0 saturated carbocycles. The minimum absolute atomic E-state index is 0.133. The van der Waals surface area contributed by atoms with Crippen LogP contribution in [0.4, 0.5) is 0 Å². The highest BCUT2D eigenvalue weighted by Crippen LogP contribution is 2.41. The van der Waals surface area contributed by atoms with Crippen LogP contribution in [0.2, 0.25) is 0 Å². The van der Waals surface area contributed by atoms with Crippen LogP contribution in [0.15, 0.2) is 17.0 Å². The number of fused-ring (bicyclic) bond motifs is 1. The fourth-order valence-electron chi connectivity index (χ4n) is 3.65. The molecule has 4 heterocycles. The van der Waals surface area contributed by atoms with Crippen LogP contribution in [-0.4, -0.2) is 52.6 Å². The Morgan fingerprint density at radius 1 is 1.40 bits per heavy atom. The van der Waals surface area contributed by atoms with Gasteiger partial charge in [-0.3, -0.25) is 9.59 Å². The predicted octanol–water partition coefficient (Wildman–Crippen LogP) is 1.14. The third-order valence-corrected chi connectivity index (χ3v) is 5.64. The first-order valence-electron chi connectivity index (χ1n) is 8.27. The maximum Gasteiger partial charge on any atom is 0.312 e. The minimum Gasteiger partial charge on any atom is -0.460 e. The van der Waals surface area contributed by atoms with Gasteiger partial charge in [-0.05, 0) is 41.9 Å². The number of hydrogen-bond acceptors (Lipinski definition) is 6. The molecule has 2 aliphatic heterocycles. The predicted molar refractivity (Wildman–Crippen MR) is 93.0 cm³/mol. The topological polar surface area (TPSA) is 109 Å². The molecule has 0 radical (unpaired) electrons. The first kappa shape index (κ1) is 16.5. The molecule has 25 heavy (non-hydrogen) atoms. The van der Waals surface area contributed by atoms with Crippen LogP contribution in [0.5, 0.6) is 0 Å². The van der Waals surface area contributed by atoms with E-state index >= 15 is 0 Å². The van der Waals surface area contributed by atoms with E-state index < -0.39 is 0 Å². The van der Waals surface area contributed by atoms with Gasteiger partial charge in [0.05, 0.1) is 17.3 Å². The van der Waals surface area contributed by atoms with Gasteiger partial charge in [-0.25, -0.2) is 9.97 Å². The lowest BCUT2D eigenvalue weighted by molar-refractivity contribution is -0.149. The Kier molecular flexibility index (Phi) is 4.20. The van der Waals surface area contributed by atoms with E-state index in [1.54, 1.807) is 6.20 Å². The molecule has 132 valence electrons. The molecule has 4 rings (SSSR count). The zero-order valence-corrected chi connectivity index (χ0v) is 15.1. The van der Waals surface area contributed by atoms with Gasteiger partial charge in [-0.15, -0.1) is 0 Å². The third kappa shape index (κ3) is 2.91. The molecular formula is C16H18BrN5O3. The van der Waals surface area contributed by atoms with Crippen molar-refractivity contribution in [2.24, 2.45) is 5.41 Å². The molecule has 9 heteroatoms. The molecule has 0 aromatic carbocycles. The Labute approximate surface area is 152 Å². The average Bonchev–Trinajstić information content (AvgIpc) is 3.14. The van der Waals surface area contributed by atoms with Crippen molar-refractivity contribution < 1.29 is 14.3 Å². The van der Waals surface area contributed by atoms with Crippen molar-refractivity contribution in [3.8, 4) is 0 Å². The molecule has 1 spiro atoms. The smallest absolute Gasteiger partial charge is 0.312 e. The number of rotatable bonds is 3. The number of nitrogens with one attached hydrogen (secondary N) is 3. The summed E-state index contributed by atoms with van der Waals surface area (Å²) in [6.07, 6.45) is 5.01. The molecular weight excluding hydrogens is 390 g/mol. The van der Waals surface area contributed by atoms with E-state index in [0.717, 1.165) is 30.4 Å². The maximum absolute atomic E-state index is 12.5. The van der Waals surface area contributed by atoms with Crippen LogP contribution in [-0.2, 0) is 9.53 Å². The monoisotopic (exact) mass is 407 g/mol. The number of nitrogens with zero attached hydrogens (tertiary/aromatic N) is 2. The Bertz CT molecular complexity index is 830. The summed E-state index contributed by atoms with van der Waals surface area (Å²) in [5, 5.41) is 6.74. The molecule has 2 fully saturated rings. The van der Waals surface area contributed by atoms with Crippen LogP contribution in [0.3, 0.4) is 0 Å². The van der Waals surface area contributed by atoms with Crippen molar-refractivity contribution in [2.45, 2.75) is 25.4 Å². The molecule has 0 bridgehead atoms. The number of aromatic nitrogens is 3. The lowest BCUT2D eigenvalue weighted by Gasteiger charge is -2.29. The Morgan fingerprint density at radius 2 is 2.20 bits per heavy atom. The first-order chi connectivity index (χ1) is 12.1. The van der Waals surface area contributed by atoms with Crippen LogP contribution in [0.1, 0.15) is 29.8 Å². The van der Waals surface area contributed by atoms with E-state index in [-0.39, 0.29) is 29.9 Å². The second-order valence-corrected chi connectivity index (χ2v) is 7.41. The summed E-state index contributed by atoms with van der Waals surface area (Å²) in [4.78, 5) is 36.0. The summed E-state index contributed by atoms with van der Waals surface area (Å²) >= 11 is 3.39. The van der Waals surface area contributed by atoms with Crippen LogP contribution < -0.4 is 10.6 Å². The Morgan fingerprint density at radius 3 is 3.00 bits per heavy atom. The van der Waals surface area contributed by atoms with Crippen molar-refractivity contribution >= 4 is 38.8 Å². The largest absolute Gasteiger partial charge is 0.460 e. The average molecular weight is 408 g/mol. The molecule has 8 nitrogen and oxygen atoms in total. The van der Waals surface area contributed by atoms with Crippen LogP contribution in [0.25, 0.3) is 11.0 Å². The Balaban J connectivity index is 1.44. The summed E-state index contributed by atoms with van der Waals surface area (Å²) in [6.45, 7) is 1.94.